The number of ether oxygens (including phenoxy) is 1. The molecule has 0 saturated carbocycles. The molecule has 172 valence electrons. The third-order valence-corrected chi connectivity index (χ3v) is 5.46. The van der Waals surface area contributed by atoms with E-state index in [-0.39, 0.29) is 11.9 Å². The molecule has 3 aromatic heterocycles. The molecule has 0 bridgehead atoms. The number of anilines is 2. The molecular weight excluding hydrogens is 416 g/mol. The fourth-order valence-corrected chi connectivity index (χ4v) is 3.69. The van der Waals surface area contributed by atoms with Gasteiger partial charge < -0.3 is 20.7 Å². The highest BCUT2D eigenvalue weighted by Gasteiger charge is 2.15. The maximum atomic E-state index is 12.3. The first-order valence-corrected chi connectivity index (χ1v) is 11.3. The lowest BCUT2D eigenvalue weighted by Crippen LogP contribution is -2.30. The summed E-state index contributed by atoms with van der Waals surface area (Å²) in [5.41, 5.74) is 2.32. The Balaban J connectivity index is 1.63. The van der Waals surface area contributed by atoms with Gasteiger partial charge in [0.1, 0.15) is 11.6 Å². The van der Waals surface area contributed by atoms with Crippen LogP contribution in [0.15, 0.2) is 54.6 Å². The smallest absolute Gasteiger partial charge is 0.248 e. The van der Waals surface area contributed by atoms with Gasteiger partial charge in [-0.2, -0.15) is 0 Å². The number of pyridine rings is 3. The number of carbonyl (C=O) groups is 1. The lowest BCUT2D eigenvalue weighted by molar-refractivity contribution is -0.117. The molecule has 1 aliphatic heterocycles. The van der Waals surface area contributed by atoms with Crippen LogP contribution in [0.3, 0.4) is 0 Å². The zero-order chi connectivity index (χ0) is 23.2. The first-order chi connectivity index (χ1) is 16.0. The molecule has 4 rings (SSSR count). The summed E-state index contributed by atoms with van der Waals surface area (Å²) in [6.45, 7) is 7.19. The zero-order valence-electron chi connectivity index (χ0n) is 19.3. The normalized spacial score (nSPS) is 15.0. The van der Waals surface area contributed by atoms with Crippen molar-refractivity contribution in [3.63, 3.8) is 0 Å². The molecule has 0 aliphatic carbocycles. The molecule has 8 heteroatoms. The molecule has 8 nitrogen and oxygen atoms in total. The van der Waals surface area contributed by atoms with Crippen molar-refractivity contribution in [3.05, 3.63) is 54.6 Å². The van der Waals surface area contributed by atoms with Crippen LogP contribution in [0.2, 0.25) is 0 Å². The summed E-state index contributed by atoms with van der Waals surface area (Å²) in [5, 5.41) is 11.5. The van der Waals surface area contributed by atoms with Crippen LogP contribution >= 0.6 is 0 Å². The molecule has 1 saturated heterocycles. The average molecular weight is 447 g/mol. The van der Waals surface area contributed by atoms with Crippen molar-refractivity contribution in [2.75, 3.05) is 23.8 Å². The molecule has 3 N–H and O–H groups in total. The fourth-order valence-electron chi connectivity index (χ4n) is 3.69. The molecule has 0 aromatic carbocycles. The number of amides is 1. The highest BCUT2D eigenvalue weighted by atomic mass is 16.5. The lowest BCUT2D eigenvalue weighted by Gasteiger charge is -2.23. The number of nitrogens with one attached hydrogen (secondary N) is 3. The fraction of sp³-hybridized carbons (Fsp3) is 0.360. The summed E-state index contributed by atoms with van der Waals surface area (Å²) in [7, 11) is 0. The van der Waals surface area contributed by atoms with Gasteiger partial charge in [0.25, 0.3) is 0 Å². The van der Waals surface area contributed by atoms with Crippen molar-refractivity contribution in [3.8, 4) is 11.3 Å². The second kappa shape index (κ2) is 10.4. The highest BCUT2D eigenvalue weighted by molar-refractivity contribution is 5.96. The van der Waals surface area contributed by atoms with E-state index in [9.17, 15) is 4.79 Å². The van der Waals surface area contributed by atoms with E-state index in [2.05, 4.69) is 25.9 Å². The minimum atomic E-state index is -0.113. The van der Waals surface area contributed by atoms with Gasteiger partial charge in [0.05, 0.1) is 5.69 Å². The minimum absolute atomic E-state index is 0.0739. The van der Waals surface area contributed by atoms with Crippen molar-refractivity contribution < 1.29 is 9.53 Å². The molecule has 33 heavy (non-hydrogen) atoms. The van der Waals surface area contributed by atoms with Crippen molar-refractivity contribution >= 4 is 28.3 Å². The topological polar surface area (TPSA) is 101 Å². The van der Waals surface area contributed by atoms with Crippen LogP contribution < -0.4 is 16.0 Å². The summed E-state index contributed by atoms with van der Waals surface area (Å²) in [6.07, 6.45) is 8.97. The Labute approximate surface area is 193 Å². The summed E-state index contributed by atoms with van der Waals surface area (Å²) >= 11 is 0. The van der Waals surface area contributed by atoms with Crippen LogP contribution in [0, 0.1) is 0 Å². The van der Waals surface area contributed by atoms with Gasteiger partial charge in [0.15, 0.2) is 0 Å². The van der Waals surface area contributed by atoms with Crippen molar-refractivity contribution in [1.82, 2.24) is 20.3 Å². The predicted octanol–water partition coefficient (Wildman–Crippen LogP) is 4.12. The summed E-state index contributed by atoms with van der Waals surface area (Å²) < 4.78 is 5.44. The number of rotatable bonds is 7. The van der Waals surface area contributed by atoms with Crippen LogP contribution in [-0.4, -0.2) is 46.2 Å². The van der Waals surface area contributed by atoms with Crippen LogP contribution in [0.5, 0.6) is 0 Å². The van der Waals surface area contributed by atoms with Gasteiger partial charge in [-0.1, -0.05) is 0 Å². The van der Waals surface area contributed by atoms with Gasteiger partial charge in [0, 0.05) is 72.0 Å². The van der Waals surface area contributed by atoms with Crippen molar-refractivity contribution in [2.24, 2.45) is 0 Å². The molecule has 1 fully saturated rings. The highest BCUT2D eigenvalue weighted by Crippen LogP contribution is 2.28. The molecule has 3 aromatic rings. The largest absolute Gasteiger partial charge is 0.381 e. The standard InChI is InChI=1S/C25H30N6O2/c1-16(2)29-25(32)17(3)14-28-24-21-5-8-26-15-19(21)12-22(31-24)18-4-9-27-23(13-18)30-20-6-10-33-11-7-20/h4-5,8-9,12-16,20H,6-7,10-11H2,1-3H3,(H,27,30)(H,28,31)(H,29,32)/b17-14-. The number of fused-ring (bicyclic) bond motifs is 1. The monoisotopic (exact) mass is 446 g/mol. The van der Waals surface area contributed by atoms with Crippen molar-refractivity contribution in [2.45, 2.75) is 45.7 Å². The quantitative estimate of drug-likeness (QED) is 0.469. The Bertz CT molecular complexity index is 1150. The number of aromatic nitrogens is 3. The summed E-state index contributed by atoms with van der Waals surface area (Å²) in [4.78, 5) is 25.9. The second-order valence-electron chi connectivity index (χ2n) is 8.51. The molecule has 0 radical (unpaired) electrons. The van der Waals surface area contributed by atoms with E-state index in [1.807, 2.05) is 44.3 Å². The summed E-state index contributed by atoms with van der Waals surface area (Å²) in [6, 6.07) is 8.32. The van der Waals surface area contributed by atoms with Gasteiger partial charge in [0.2, 0.25) is 5.91 Å². The Morgan fingerprint density at radius 3 is 2.79 bits per heavy atom. The molecule has 4 heterocycles. The second-order valence-corrected chi connectivity index (χ2v) is 8.51. The first-order valence-electron chi connectivity index (χ1n) is 11.3. The Hall–Kier alpha value is -3.52. The summed E-state index contributed by atoms with van der Waals surface area (Å²) in [5.74, 6) is 1.37. The van der Waals surface area contributed by atoms with E-state index in [0.29, 0.717) is 17.4 Å². The number of hydrogen-bond acceptors (Lipinski definition) is 7. The predicted molar refractivity (Wildman–Crippen MR) is 131 cm³/mol. The van der Waals surface area contributed by atoms with Crippen molar-refractivity contribution in [1.29, 1.82) is 0 Å². The number of carbonyl (C=O) groups excluding carboxylic acids is 1. The van der Waals surface area contributed by atoms with E-state index in [1.54, 1.807) is 25.5 Å². The van der Waals surface area contributed by atoms with E-state index in [0.717, 1.165) is 53.9 Å². The third kappa shape index (κ3) is 5.84. The molecular formula is C25H30N6O2. The van der Waals surface area contributed by atoms with E-state index in [1.165, 1.54) is 0 Å². The van der Waals surface area contributed by atoms with Crippen LogP contribution in [0.25, 0.3) is 22.0 Å². The third-order valence-electron chi connectivity index (χ3n) is 5.46. The molecule has 0 unspecified atom stereocenters. The van der Waals surface area contributed by atoms with Gasteiger partial charge in [-0.25, -0.2) is 9.97 Å². The van der Waals surface area contributed by atoms with Crippen LogP contribution in [0.4, 0.5) is 11.6 Å². The molecule has 0 atom stereocenters. The van der Waals surface area contributed by atoms with E-state index in [4.69, 9.17) is 9.72 Å². The van der Waals surface area contributed by atoms with Crippen LogP contribution in [0.1, 0.15) is 33.6 Å². The SMILES string of the molecule is C/C(=C/Nc1nc(-c2ccnc(NC3CCOCC3)c2)cc2cnccc12)C(=O)NC(C)C. The zero-order valence-corrected chi connectivity index (χ0v) is 19.3. The number of nitrogens with zero attached hydrogens (tertiary/aromatic N) is 3. The first kappa shape index (κ1) is 22.7. The Kier molecular flexibility index (Phi) is 7.14. The van der Waals surface area contributed by atoms with Gasteiger partial charge in [-0.3, -0.25) is 9.78 Å². The van der Waals surface area contributed by atoms with Crippen LogP contribution in [-0.2, 0) is 9.53 Å². The van der Waals surface area contributed by atoms with Gasteiger partial charge in [-0.05, 0) is 57.9 Å². The Morgan fingerprint density at radius 2 is 2.00 bits per heavy atom. The van der Waals surface area contributed by atoms with Gasteiger partial charge in [-0.15, -0.1) is 0 Å². The average Bonchev–Trinajstić information content (AvgIpc) is 2.82. The molecule has 1 aliphatic rings. The maximum absolute atomic E-state index is 12.3. The maximum Gasteiger partial charge on any atom is 0.248 e. The Morgan fingerprint density at radius 1 is 1.18 bits per heavy atom. The van der Waals surface area contributed by atoms with E-state index < -0.39 is 0 Å². The lowest BCUT2D eigenvalue weighted by atomic mass is 10.1. The molecule has 1 amide bonds. The minimum Gasteiger partial charge on any atom is -0.381 e. The molecule has 0 spiro atoms. The number of hydrogen-bond donors (Lipinski definition) is 3. The van der Waals surface area contributed by atoms with E-state index >= 15 is 0 Å². The van der Waals surface area contributed by atoms with Gasteiger partial charge >= 0.3 is 0 Å².